The maximum Gasteiger partial charge on any atom is 0.269 e. The Morgan fingerprint density at radius 3 is 2.50 bits per heavy atom. The van der Waals surface area contributed by atoms with E-state index in [9.17, 15) is 10.1 Å². The highest BCUT2D eigenvalue weighted by atomic mass is 32.1. The molecule has 164 valence electrons. The van der Waals surface area contributed by atoms with Crippen molar-refractivity contribution >= 4 is 23.0 Å². The van der Waals surface area contributed by atoms with Gasteiger partial charge in [0.25, 0.3) is 5.69 Å². The van der Waals surface area contributed by atoms with Crippen LogP contribution in [0.4, 0.5) is 5.69 Å². The van der Waals surface area contributed by atoms with Crippen molar-refractivity contribution in [3.8, 4) is 5.69 Å². The average Bonchev–Trinajstić information content (AvgIpc) is 3.44. The van der Waals surface area contributed by atoms with Gasteiger partial charge in [-0.3, -0.25) is 15.1 Å². The van der Waals surface area contributed by atoms with Gasteiger partial charge in [0.2, 0.25) is 0 Å². The van der Waals surface area contributed by atoms with Crippen molar-refractivity contribution in [3.63, 3.8) is 0 Å². The second kappa shape index (κ2) is 8.70. The van der Waals surface area contributed by atoms with E-state index in [1.807, 2.05) is 36.7 Å². The van der Waals surface area contributed by atoms with E-state index in [1.54, 1.807) is 24.3 Å². The van der Waals surface area contributed by atoms with E-state index >= 15 is 0 Å². The molecule has 2 atom stereocenters. The molecule has 1 saturated heterocycles. The molecule has 1 aliphatic carbocycles. The van der Waals surface area contributed by atoms with E-state index in [1.165, 1.54) is 19.3 Å². The number of nitrogens with one attached hydrogen (secondary N) is 1. The minimum atomic E-state index is -0.373. The molecule has 1 aliphatic heterocycles. The van der Waals surface area contributed by atoms with Gasteiger partial charge >= 0.3 is 0 Å². The first-order valence-corrected chi connectivity index (χ1v) is 11.5. The molecule has 3 aromatic rings. The van der Waals surface area contributed by atoms with Crippen molar-refractivity contribution in [2.75, 3.05) is 0 Å². The molecule has 0 bridgehead atoms. The summed E-state index contributed by atoms with van der Waals surface area (Å²) in [6.07, 6.45) is 9.79. The number of rotatable bonds is 5. The molecule has 1 aromatic carbocycles. The number of thiocarbonyl (C=S) groups is 1. The SMILES string of the molecule is O=[N+]([O-])c1ccc(-n2cccc2[C@H]2[C@H](c3ccccn3)NC(=S)N2C2CCCCC2)cc1. The van der Waals surface area contributed by atoms with Gasteiger partial charge in [0.1, 0.15) is 0 Å². The van der Waals surface area contributed by atoms with Crippen LogP contribution in [0.15, 0.2) is 67.0 Å². The molecule has 0 unspecified atom stereocenters. The summed E-state index contributed by atoms with van der Waals surface area (Å²) in [5.41, 5.74) is 3.01. The number of hydrogen-bond acceptors (Lipinski definition) is 4. The van der Waals surface area contributed by atoms with Crippen LogP contribution in [0, 0.1) is 10.1 Å². The van der Waals surface area contributed by atoms with Gasteiger partial charge < -0.3 is 14.8 Å². The molecule has 0 radical (unpaired) electrons. The zero-order chi connectivity index (χ0) is 22.1. The molecule has 7 nitrogen and oxygen atoms in total. The Hall–Kier alpha value is -3.26. The van der Waals surface area contributed by atoms with Crippen LogP contribution in [0.1, 0.15) is 55.6 Å². The molecule has 1 saturated carbocycles. The Kier molecular flexibility index (Phi) is 5.61. The Morgan fingerprint density at radius 1 is 1.03 bits per heavy atom. The number of pyridine rings is 1. The van der Waals surface area contributed by atoms with Crippen molar-refractivity contribution in [2.45, 2.75) is 50.2 Å². The molecule has 2 aliphatic rings. The number of aromatic nitrogens is 2. The standard InChI is InChI=1S/C24H25N5O2S/c30-29(31)19-13-11-17(12-14-19)27-16-6-10-21(27)23-22(20-9-4-5-15-25-20)26-24(32)28(23)18-7-2-1-3-8-18/h4-6,9-16,18,22-23H,1-3,7-8H2,(H,26,32)/t22-,23-/m0/s1. The summed E-state index contributed by atoms with van der Waals surface area (Å²) in [6, 6.07) is 17.1. The molecule has 0 amide bonds. The third-order valence-electron chi connectivity index (χ3n) is 6.53. The minimum Gasteiger partial charge on any atom is -0.352 e. The van der Waals surface area contributed by atoms with E-state index in [-0.39, 0.29) is 22.7 Å². The van der Waals surface area contributed by atoms with E-state index in [0.717, 1.165) is 35.0 Å². The van der Waals surface area contributed by atoms with E-state index < -0.39 is 0 Å². The van der Waals surface area contributed by atoms with Gasteiger partial charge in [-0.15, -0.1) is 0 Å². The summed E-state index contributed by atoms with van der Waals surface area (Å²) in [7, 11) is 0. The summed E-state index contributed by atoms with van der Waals surface area (Å²) < 4.78 is 2.11. The molecule has 32 heavy (non-hydrogen) atoms. The maximum absolute atomic E-state index is 11.1. The summed E-state index contributed by atoms with van der Waals surface area (Å²) in [5, 5.41) is 15.4. The highest BCUT2D eigenvalue weighted by Gasteiger charge is 2.44. The first kappa shape index (κ1) is 20.6. The van der Waals surface area contributed by atoms with Crippen molar-refractivity contribution in [2.24, 2.45) is 0 Å². The Balaban J connectivity index is 1.58. The third kappa shape index (κ3) is 3.75. The molecule has 2 aromatic heterocycles. The lowest BCUT2D eigenvalue weighted by atomic mass is 9.92. The van der Waals surface area contributed by atoms with Crippen LogP contribution in [-0.4, -0.2) is 30.5 Å². The van der Waals surface area contributed by atoms with Gasteiger partial charge in [-0.2, -0.15) is 0 Å². The van der Waals surface area contributed by atoms with E-state index in [0.29, 0.717) is 6.04 Å². The lowest BCUT2D eigenvalue weighted by Crippen LogP contribution is -2.40. The van der Waals surface area contributed by atoms with Gasteiger partial charge in [0.05, 0.1) is 22.7 Å². The van der Waals surface area contributed by atoms with Crippen molar-refractivity contribution in [1.82, 2.24) is 19.8 Å². The summed E-state index contributed by atoms with van der Waals surface area (Å²) in [6.45, 7) is 0. The quantitative estimate of drug-likeness (QED) is 0.334. The van der Waals surface area contributed by atoms with E-state index in [2.05, 4.69) is 25.8 Å². The van der Waals surface area contributed by atoms with Crippen molar-refractivity contribution in [1.29, 1.82) is 0 Å². The molecule has 5 rings (SSSR count). The Bertz CT molecular complexity index is 1110. The lowest BCUT2D eigenvalue weighted by molar-refractivity contribution is -0.384. The van der Waals surface area contributed by atoms with Crippen molar-refractivity contribution < 1.29 is 4.92 Å². The van der Waals surface area contributed by atoms with Gasteiger partial charge in [-0.05, 0) is 61.5 Å². The van der Waals surface area contributed by atoms with Crippen LogP contribution >= 0.6 is 12.2 Å². The van der Waals surface area contributed by atoms with Gasteiger partial charge in [-0.1, -0.05) is 25.3 Å². The topological polar surface area (TPSA) is 76.2 Å². The predicted octanol–water partition coefficient (Wildman–Crippen LogP) is 5.09. The summed E-state index contributed by atoms with van der Waals surface area (Å²) in [4.78, 5) is 17.7. The number of nitro benzene ring substituents is 1. The highest BCUT2D eigenvalue weighted by molar-refractivity contribution is 7.80. The van der Waals surface area contributed by atoms with Crippen LogP contribution in [-0.2, 0) is 0 Å². The zero-order valence-electron chi connectivity index (χ0n) is 17.6. The first-order chi connectivity index (χ1) is 15.6. The van der Waals surface area contributed by atoms with Crippen LogP contribution in [0.3, 0.4) is 0 Å². The van der Waals surface area contributed by atoms with Crippen molar-refractivity contribution in [3.05, 3.63) is 88.5 Å². The monoisotopic (exact) mass is 447 g/mol. The van der Waals surface area contributed by atoms with E-state index in [4.69, 9.17) is 12.2 Å². The van der Waals surface area contributed by atoms with Gasteiger partial charge in [0.15, 0.2) is 5.11 Å². The minimum absolute atomic E-state index is 0.0225. The second-order valence-corrected chi connectivity index (χ2v) is 8.79. The molecule has 2 fully saturated rings. The first-order valence-electron chi connectivity index (χ1n) is 11.1. The fourth-order valence-corrected chi connectivity index (χ4v) is 5.43. The number of benzene rings is 1. The molecule has 3 heterocycles. The molecule has 1 N–H and O–H groups in total. The summed E-state index contributed by atoms with van der Waals surface area (Å²) in [5.74, 6) is 0. The van der Waals surface area contributed by atoms with Gasteiger partial charge in [0, 0.05) is 41.9 Å². The largest absolute Gasteiger partial charge is 0.352 e. The van der Waals surface area contributed by atoms with Gasteiger partial charge in [-0.25, -0.2) is 0 Å². The highest BCUT2D eigenvalue weighted by Crippen LogP contribution is 2.43. The Labute approximate surface area is 192 Å². The average molecular weight is 448 g/mol. The van der Waals surface area contributed by atoms with Crippen LogP contribution in [0.25, 0.3) is 5.69 Å². The molecular formula is C24H25N5O2S. The summed E-state index contributed by atoms with van der Waals surface area (Å²) >= 11 is 5.86. The lowest BCUT2D eigenvalue weighted by Gasteiger charge is -2.37. The number of hydrogen-bond donors (Lipinski definition) is 1. The van der Waals surface area contributed by atoms with Crippen LogP contribution in [0.5, 0.6) is 0 Å². The third-order valence-corrected chi connectivity index (χ3v) is 6.85. The molecular weight excluding hydrogens is 422 g/mol. The zero-order valence-corrected chi connectivity index (χ0v) is 18.4. The molecule has 8 heteroatoms. The normalized spacial score (nSPS) is 21.5. The Morgan fingerprint density at radius 2 is 1.81 bits per heavy atom. The fourth-order valence-electron chi connectivity index (χ4n) is 5.04. The predicted molar refractivity (Wildman–Crippen MR) is 127 cm³/mol. The van der Waals surface area contributed by atoms with Crippen LogP contribution < -0.4 is 5.32 Å². The van der Waals surface area contributed by atoms with Crippen LogP contribution in [0.2, 0.25) is 0 Å². The smallest absolute Gasteiger partial charge is 0.269 e. The number of nitrogens with zero attached hydrogens (tertiary/aromatic N) is 4. The second-order valence-electron chi connectivity index (χ2n) is 8.40. The molecule has 0 spiro atoms. The maximum atomic E-state index is 11.1. The fraction of sp³-hybridized carbons (Fsp3) is 0.333. The number of non-ortho nitro benzene ring substituents is 1. The number of nitro groups is 1.